The molecule has 0 unspecified atom stereocenters. The van der Waals surface area contributed by atoms with Crippen molar-refractivity contribution in [1.29, 1.82) is 0 Å². The number of ether oxygens (including phenoxy) is 1. The highest BCUT2D eigenvalue weighted by molar-refractivity contribution is 6.32. The second-order valence-corrected chi connectivity index (χ2v) is 6.37. The van der Waals surface area contributed by atoms with Gasteiger partial charge >= 0.3 is 6.03 Å². The van der Waals surface area contributed by atoms with E-state index < -0.39 is 6.03 Å². The fourth-order valence-electron chi connectivity index (χ4n) is 2.52. The predicted octanol–water partition coefficient (Wildman–Crippen LogP) is 3.05. The maximum absolute atomic E-state index is 12.4. The standard InChI is InChI=1S/C16H13Cl2N9O2/c1-2-29-13-11(7-22-26-8-12(18)25-15(13)26)24-16(28)23-9-5-10(17)14(19-6-9)27-20-3-4-21-27/h3-8H,2H2,1H3,(H2,23,24,28). The van der Waals surface area contributed by atoms with E-state index in [0.717, 1.165) is 0 Å². The molecule has 4 rings (SSSR count). The second kappa shape index (κ2) is 7.89. The fraction of sp³-hybridized carbons (Fsp3) is 0.125. The SMILES string of the molecule is CCOc1c(NC(=O)Nc2cnc(-n3nccn3)c(Cl)c2)cnn2cc(Cl)nc12. The van der Waals surface area contributed by atoms with Crippen molar-refractivity contribution in [3.8, 4) is 11.6 Å². The van der Waals surface area contributed by atoms with Gasteiger partial charge < -0.3 is 15.4 Å². The van der Waals surface area contributed by atoms with E-state index in [9.17, 15) is 4.79 Å². The number of fused-ring (bicyclic) bond motifs is 1. The summed E-state index contributed by atoms with van der Waals surface area (Å²) < 4.78 is 7.08. The predicted molar refractivity (Wildman–Crippen MR) is 106 cm³/mol. The molecule has 29 heavy (non-hydrogen) atoms. The molecule has 148 valence electrons. The highest BCUT2D eigenvalue weighted by Crippen LogP contribution is 2.29. The third-order valence-electron chi connectivity index (χ3n) is 3.64. The van der Waals surface area contributed by atoms with Gasteiger partial charge in [0.25, 0.3) is 0 Å². The van der Waals surface area contributed by atoms with Crippen LogP contribution in [0.3, 0.4) is 0 Å². The monoisotopic (exact) mass is 433 g/mol. The largest absolute Gasteiger partial charge is 0.488 e. The van der Waals surface area contributed by atoms with E-state index in [0.29, 0.717) is 35.2 Å². The Morgan fingerprint density at radius 3 is 2.69 bits per heavy atom. The van der Waals surface area contributed by atoms with E-state index in [1.807, 2.05) is 6.92 Å². The molecule has 0 radical (unpaired) electrons. The molecular weight excluding hydrogens is 421 g/mol. The molecule has 0 aliphatic carbocycles. The lowest BCUT2D eigenvalue weighted by atomic mass is 10.4. The average Bonchev–Trinajstić information content (AvgIpc) is 3.33. The summed E-state index contributed by atoms with van der Waals surface area (Å²) in [6.07, 6.45) is 7.42. The molecule has 13 heteroatoms. The first-order valence-electron chi connectivity index (χ1n) is 8.32. The lowest BCUT2D eigenvalue weighted by molar-refractivity contribution is 0.262. The van der Waals surface area contributed by atoms with Crippen molar-refractivity contribution in [3.63, 3.8) is 0 Å². The minimum Gasteiger partial charge on any atom is -0.488 e. The third-order valence-corrected chi connectivity index (χ3v) is 4.10. The van der Waals surface area contributed by atoms with E-state index in [-0.39, 0.29) is 10.2 Å². The van der Waals surface area contributed by atoms with Crippen LogP contribution in [0.1, 0.15) is 6.92 Å². The molecule has 4 aromatic rings. The number of urea groups is 1. The number of rotatable bonds is 5. The van der Waals surface area contributed by atoms with E-state index >= 15 is 0 Å². The van der Waals surface area contributed by atoms with Crippen molar-refractivity contribution >= 4 is 46.3 Å². The summed E-state index contributed by atoms with van der Waals surface area (Å²) in [6, 6.07) is 0.990. The number of anilines is 2. The summed E-state index contributed by atoms with van der Waals surface area (Å²) in [5.74, 6) is 0.688. The lowest BCUT2D eigenvalue weighted by Crippen LogP contribution is -2.21. The zero-order valence-electron chi connectivity index (χ0n) is 14.9. The summed E-state index contributed by atoms with van der Waals surface area (Å²) in [6.45, 7) is 2.18. The number of hydrogen-bond acceptors (Lipinski definition) is 7. The first-order valence-corrected chi connectivity index (χ1v) is 9.07. The Hall–Kier alpha value is -3.44. The van der Waals surface area contributed by atoms with Gasteiger partial charge in [-0.25, -0.2) is 19.3 Å². The van der Waals surface area contributed by atoms with Gasteiger partial charge in [0, 0.05) is 0 Å². The van der Waals surface area contributed by atoms with Crippen molar-refractivity contribution < 1.29 is 9.53 Å². The van der Waals surface area contributed by atoms with Crippen molar-refractivity contribution in [3.05, 3.63) is 47.2 Å². The zero-order chi connectivity index (χ0) is 20.4. The van der Waals surface area contributed by atoms with Crippen LogP contribution >= 0.6 is 23.2 Å². The Balaban J connectivity index is 1.54. The molecule has 0 aliphatic rings. The van der Waals surface area contributed by atoms with E-state index in [1.165, 1.54) is 46.4 Å². The van der Waals surface area contributed by atoms with Crippen LogP contribution in [-0.2, 0) is 0 Å². The zero-order valence-corrected chi connectivity index (χ0v) is 16.4. The first-order chi connectivity index (χ1) is 14.0. The van der Waals surface area contributed by atoms with Crippen molar-refractivity contribution in [2.45, 2.75) is 6.92 Å². The smallest absolute Gasteiger partial charge is 0.323 e. The Kier molecular flexibility index (Phi) is 5.14. The molecule has 0 spiro atoms. The fourth-order valence-corrected chi connectivity index (χ4v) is 2.93. The summed E-state index contributed by atoms with van der Waals surface area (Å²) in [5.41, 5.74) is 1.09. The molecule has 0 bridgehead atoms. The number of carbonyl (C=O) groups is 1. The van der Waals surface area contributed by atoms with Crippen LogP contribution in [0.4, 0.5) is 16.2 Å². The van der Waals surface area contributed by atoms with Gasteiger partial charge in [-0.15, -0.1) is 4.80 Å². The Bertz CT molecular complexity index is 1180. The summed E-state index contributed by atoms with van der Waals surface area (Å²) in [5, 5.41) is 17.9. The molecular formula is C16H13Cl2N9O2. The van der Waals surface area contributed by atoms with Gasteiger partial charge in [-0.3, -0.25) is 0 Å². The minimum absolute atomic E-state index is 0.257. The number of aromatic nitrogens is 7. The summed E-state index contributed by atoms with van der Waals surface area (Å²) in [4.78, 5) is 22.0. The molecule has 4 heterocycles. The first kappa shape index (κ1) is 18.9. The van der Waals surface area contributed by atoms with Crippen molar-refractivity contribution in [2.75, 3.05) is 17.2 Å². The van der Waals surface area contributed by atoms with Crippen LogP contribution in [0.15, 0.2) is 37.1 Å². The minimum atomic E-state index is -0.544. The molecule has 2 amide bonds. The quantitative estimate of drug-likeness (QED) is 0.495. The number of pyridine rings is 1. The molecule has 4 aromatic heterocycles. The van der Waals surface area contributed by atoms with E-state index in [4.69, 9.17) is 27.9 Å². The molecule has 0 atom stereocenters. The second-order valence-electron chi connectivity index (χ2n) is 5.58. The molecule has 0 saturated carbocycles. The van der Waals surface area contributed by atoms with Crippen LogP contribution in [0, 0.1) is 0 Å². The number of nitrogens with one attached hydrogen (secondary N) is 2. The van der Waals surface area contributed by atoms with Gasteiger partial charge in [-0.2, -0.15) is 15.3 Å². The molecule has 11 nitrogen and oxygen atoms in total. The molecule has 2 N–H and O–H groups in total. The van der Waals surface area contributed by atoms with Crippen LogP contribution in [0.5, 0.6) is 5.75 Å². The number of nitrogens with zero attached hydrogens (tertiary/aromatic N) is 7. The number of hydrogen-bond donors (Lipinski definition) is 2. The Labute approximate surface area is 173 Å². The van der Waals surface area contributed by atoms with Gasteiger partial charge in [-0.1, -0.05) is 23.2 Å². The van der Waals surface area contributed by atoms with Gasteiger partial charge in [0.05, 0.1) is 48.3 Å². The van der Waals surface area contributed by atoms with Crippen LogP contribution in [0.2, 0.25) is 10.2 Å². The molecule has 0 fully saturated rings. The van der Waals surface area contributed by atoms with Crippen LogP contribution in [-0.4, -0.2) is 47.2 Å². The number of amides is 2. The van der Waals surface area contributed by atoms with Crippen LogP contribution < -0.4 is 15.4 Å². The van der Waals surface area contributed by atoms with Gasteiger partial charge in [0.15, 0.2) is 17.2 Å². The normalized spacial score (nSPS) is 10.9. The Morgan fingerprint density at radius 1 is 1.17 bits per heavy atom. The number of carbonyl (C=O) groups excluding carboxylic acids is 1. The Morgan fingerprint density at radius 2 is 1.97 bits per heavy atom. The van der Waals surface area contributed by atoms with Gasteiger partial charge in [0.1, 0.15) is 10.8 Å². The van der Waals surface area contributed by atoms with Crippen molar-refractivity contribution in [1.82, 2.24) is 34.6 Å². The molecule has 0 saturated heterocycles. The highest BCUT2D eigenvalue weighted by atomic mass is 35.5. The average molecular weight is 434 g/mol. The maximum Gasteiger partial charge on any atom is 0.323 e. The lowest BCUT2D eigenvalue weighted by Gasteiger charge is -2.13. The maximum atomic E-state index is 12.4. The third kappa shape index (κ3) is 3.91. The summed E-state index contributed by atoms with van der Waals surface area (Å²) in [7, 11) is 0. The van der Waals surface area contributed by atoms with Crippen molar-refractivity contribution in [2.24, 2.45) is 0 Å². The topological polar surface area (TPSA) is 124 Å². The number of imidazole rings is 1. The summed E-state index contributed by atoms with van der Waals surface area (Å²) >= 11 is 12.1. The molecule has 0 aliphatic heterocycles. The van der Waals surface area contributed by atoms with Crippen LogP contribution in [0.25, 0.3) is 11.5 Å². The number of halogens is 2. The molecule has 0 aromatic carbocycles. The van der Waals surface area contributed by atoms with Gasteiger partial charge in [-0.05, 0) is 13.0 Å². The van der Waals surface area contributed by atoms with E-state index in [2.05, 4.69) is 35.9 Å². The highest BCUT2D eigenvalue weighted by Gasteiger charge is 2.16. The van der Waals surface area contributed by atoms with Gasteiger partial charge in [0.2, 0.25) is 0 Å². The van der Waals surface area contributed by atoms with E-state index in [1.54, 1.807) is 0 Å².